The summed E-state index contributed by atoms with van der Waals surface area (Å²) in [5.74, 6) is 1.69. The molecule has 1 aliphatic heterocycles. The highest BCUT2D eigenvalue weighted by atomic mass is 16.6. The molecular formula is C14H21NO3. The molecule has 18 heavy (non-hydrogen) atoms. The van der Waals surface area contributed by atoms with E-state index in [0.717, 1.165) is 23.6 Å². The summed E-state index contributed by atoms with van der Waals surface area (Å²) in [5, 5.41) is 3.42. The van der Waals surface area contributed by atoms with Crippen molar-refractivity contribution >= 4 is 0 Å². The lowest BCUT2D eigenvalue weighted by molar-refractivity contribution is 0.119. The fourth-order valence-electron chi connectivity index (χ4n) is 2.11. The van der Waals surface area contributed by atoms with Gasteiger partial charge in [-0.3, -0.25) is 0 Å². The van der Waals surface area contributed by atoms with Gasteiger partial charge in [0.1, 0.15) is 13.2 Å². The Labute approximate surface area is 108 Å². The molecule has 0 fully saturated rings. The van der Waals surface area contributed by atoms with Crippen molar-refractivity contribution in [2.75, 3.05) is 33.0 Å². The Morgan fingerprint density at radius 3 is 2.89 bits per heavy atom. The van der Waals surface area contributed by atoms with Gasteiger partial charge < -0.3 is 19.5 Å². The van der Waals surface area contributed by atoms with Gasteiger partial charge >= 0.3 is 0 Å². The number of rotatable bonds is 6. The number of hydrogen-bond acceptors (Lipinski definition) is 4. The van der Waals surface area contributed by atoms with E-state index in [2.05, 4.69) is 18.3 Å². The Balaban J connectivity index is 2.22. The van der Waals surface area contributed by atoms with Crippen LogP contribution in [-0.2, 0) is 4.74 Å². The van der Waals surface area contributed by atoms with Gasteiger partial charge in [0.05, 0.1) is 12.6 Å². The maximum Gasteiger partial charge on any atom is 0.166 e. The van der Waals surface area contributed by atoms with E-state index < -0.39 is 0 Å². The van der Waals surface area contributed by atoms with Crippen LogP contribution < -0.4 is 14.8 Å². The zero-order valence-electron chi connectivity index (χ0n) is 11.1. The minimum absolute atomic E-state index is 0.145. The molecule has 1 heterocycles. The molecule has 0 aliphatic carbocycles. The number of nitrogens with one attached hydrogen (secondary N) is 1. The molecule has 0 saturated carbocycles. The molecule has 4 nitrogen and oxygen atoms in total. The van der Waals surface area contributed by atoms with Gasteiger partial charge in [0.25, 0.3) is 0 Å². The summed E-state index contributed by atoms with van der Waals surface area (Å²) in [6.45, 7) is 7.57. The van der Waals surface area contributed by atoms with Gasteiger partial charge in [-0.25, -0.2) is 0 Å². The van der Waals surface area contributed by atoms with Gasteiger partial charge in [0.15, 0.2) is 11.5 Å². The van der Waals surface area contributed by atoms with Crippen molar-refractivity contribution in [2.45, 2.75) is 19.9 Å². The van der Waals surface area contributed by atoms with Gasteiger partial charge in [0.2, 0.25) is 0 Å². The third-order valence-corrected chi connectivity index (χ3v) is 2.91. The minimum atomic E-state index is 0.145. The summed E-state index contributed by atoms with van der Waals surface area (Å²) in [5.41, 5.74) is 1.11. The van der Waals surface area contributed by atoms with Crippen LogP contribution in [0.2, 0.25) is 0 Å². The van der Waals surface area contributed by atoms with Crippen LogP contribution in [0, 0.1) is 0 Å². The zero-order chi connectivity index (χ0) is 12.8. The van der Waals surface area contributed by atoms with E-state index in [-0.39, 0.29) is 6.04 Å². The molecule has 0 amide bonds. The van der Waals surface area contributed by atoms with Crippen LogP contribution in [0.3, 0.4) is 0 Å². The highest BCUT2D eigenvalue weighted by molar-refractivity contribution is 5.49. The number of ether oxygens (including phenoxy) is 3. The summed E-state index contributed by atoms with van der Waals surface area (Å²) < 4.78 is 16.9. The summed E-state index contributed by atoms with van der Waals surface area (Å²) in [7, 11) is 0. The van der Waals surface area contributed by atoms with Crippen molar-refractivity contribution in [3.63, 3.8) is 0 Å². The first-order valence-corrected chi connectivity index (χ1v) is 6.56. The van der Waals surface area contributed by atoms with E-state index in [9.17, 15) is 0 Å². The van der Waals surface area contributed by atoms with E-state index in [4.69, 9.17) is 14.2 Å². The minimum Gasteiger partial charge on any atom is -0.486 e. The van der Waals surface area contributed by atoms with Gasteiger partial charge in [-0.1, -0.05) is 19.1 Å². The number of fused-ring (bicyclic) bond motifs is 1. The molecule has 0 radical (unpaired) electrons. The van der Waals surface area contributed by atoms with Gasteiger partial charge in [-0.15, -0.1) is 0 Å². The monoisotopic (exact) mass is 251 g/mol. The molecule has 4 heteroatoms. The highest BCUT2D eigenvalue weighted by Gasteiger charge is 2.21. The van der Waals surface area contributed by atoms with Crippen LogP contribution in [0.15, 0.2) is 18.2 Å². The second kappa shape index (κ2) is 6.61. The molecule has 1 atom stereocenters. The van der Waals surface area contributed by atoms with E-state index in [1.54, 1.807) is 0 Å². The fraction of sp³-hybridized carbons (Fsp3) is 0.571. The van der Waals surface area contributed by atoms with E-state index in [1.807, 2.05) is 19.1 Å². The summed E-state index contributed by atoms with van der Waals surface area (Å²) in [6, 6.07) is 6.16. The second-order valence-corrected chi connectivity index (χ2v) is 4.14. The van der Waals surface area contributed by atoms with Crippen LogP contribution in [0.25, 0.3) is 0 Å². The molecule has 0 spiro atoms. The average molecular weight is 251 g/mol. The first-order valence-electron chi connectivity index (χ1n) is 6.56. The van der Waals surface area contributed by atoms with Crippen molar-refractivity contribution in [2.24, 2.45) is 0 Å². The van der Waals surface area contributed by atoms with E-state index in [0.29, 0.717) is 26.4 Å². The van der Waals surface area contributed by atoms with Crippen molar-refractivity contribution in [3.8, 4) is 11.5 Å². The third-order valence-electron chi connectivity index (χ3n) is 2.91. The Kier molecular flexibility index (Phi) is 4.84. The smallest absolute Gasteiger partial charge is 0.166 e. The quantitative estimate of drug-likeness (QED) is 0.841. The topological polar surface area (TPSA) is 39.7 Å². The van der Waals surface area contributed by atoms with Gasteiger partial charge in [-0.05, 0) is 19.5 Å². The molecule has 1 N–H and O–H groups in total. The number of hydrogen-bond donors (Lipinski definition) is 1. The third kappa shape index (κ3) is 2.94. The van der Waals surface area contributed by atoms with Crippen molar-refractivity contribution in [1.82, 2.24) is 5.32 Å². The maximum atomic E-state index is 5.74. The molecule has 1 unspecified atom stereocenters. The summed E-state index contributed by atoms with van der Waals surface area (Å²) in [6.07, 6.45) is 0. The largest absolute Gasteiger partial charge is 0.486 e. The molecule has 2 rings (SSSR count). The molecule has 1 aromatic rings. The standard InChI is InChI=1S/C14H21NO3/c1-3-15-12(10-16-4-2)11-6-5-7-13-14(11)18-9-8-17-13/h5-7,12,15H,3-4,8-10H2,1-2H3. The Morgan fingerprint density at radius 2 is 2.11 bits per heavy atom. The lowest BCUT2D eigenvalue weighted by atomic mass is 10.1. The number of para-hydroxylation sites is 1. The number of benzene rings is 1. The first-order chi connectivity index (χ1) is 8.86. The molecule has 1 aromatic carbocycles. The van der Waals surface area contributed by atoms with Gasteiger partial charge in [-0.2, -0.15) is 0 Å². The summed E-state index contributed by atoms with van der Waals surface area (Å²) >= 11 is 0. The van der Waals surface area contributed by atoms with Crippen LogP contribution in [0.5, 0.6) is 11.5 Å². The normalized spacial score (nSPS) is 15.4. The lowest BCUT2D eigenvalue weighted by Crippen LogP contribution is -2.27. The predicted molar refractivity (Wildman–Crippen MR) is 70.3 cm³/mol. The zero-order valence-corrected chi connectivity index (χ0v) is 11.1. The Hall–Kier alpha value is -1.26. The number of likely N-dealkylation sites (N-methyl/N-ethyl adjacent to an activating group) is 1. The van der Waals surface area contributed by atoms with Crippen LogP contribution in [-0.4, -0.2) is 33.0 Å². The molecular weight excluding hydrogens is 230 g/mol. The fourth-order valence-corrected chi connectivity index (χ4v) is 2.11. The molecule has 0 aromatic heterocycles. The van der Waals surface area contributed by atoms with Crippen LogP contribution in [0.1, 0.15) is 25.5 Å². The molecule has 0 bridgehead atoms. The Morgan fingerprint density at radius 1 is 1.28 bits per heavy atom. The molecule has 1 aliphatic rings. The summed E-state index contributed by atoms with van der Waals surface area (Å²) in [4.78, 5) is 0. The van der Waals surface area contributed by atoms with Crippen molar-refractivity contribution < 1.29 is 14.2 Å². The first kappa shape index (κ1) is 13.2. The molecule has 0 saturated heterocycles. The molecule has 100 valence electrons. The van der Waals surface area contributed by atoms with E-state index in [1.165, 1.54) is 0 Å². The Bertz CT molecular complexity index is 381. The lowest BCUT2D eigenvalue weighted by Gasteiger charge is -2.25. The average Bonchev–Trinajstić information content (AvgIpc) is 2.43. The maximum absolute atomic E-state index is 5.74. The predicted octanol–water partition coefficient (Wildman–Crippen LogP) is 2.14. The van der Waals surface area contributed by atoms with Crippen LogP contribution in [0.4, 0.5) is 0 Å². The second-order valence-electron chi connectivity index (χ2n) is 4.14. The van der Waals surface area contributed by atoms with Crippen molar-refractivity contribution in [3.05, 3.63) is 23.8 Å². The highest BCUT2D eigenvalue weighted by Crippen LogP contribution is 2.36. The SMILES string of the molecule is CCNC(COCC)c1cccc2c1OCCO2. The van der Waals surface area contributed by atoms with Crippen molar-refractivity contribution in [1.29, 1.82) is 0 Å². The van der Waals surface area contributed by atoms with Crippen LogP contribution >= 0.6 is 0 Å². The van der Waals surface area contributed by atoms with E-state index >= 15 is 0 Å². The van der Waals surface area contributed by atoms with Gasteiger partial charge in [0, 0.05) is 12.2 Å².